The Morgan fingerprint density at radius 2 is 2.30 bits per heavy atom. The van der Waals surface area contributed by atoms with E-state index >= 15 is 0 Å². The van der Waals surface area contributed by atoms with Gasteiger partial charge >= 0.3 is 0 Å². The van der Waals surface area contributed by atoms with Crippen LogP contribution in [0.25, 0.3) is 5.69 Å². The molecular formula is C16H16N4O3. The van der Waals surface area contributed by atoms with Crippen LogP contribution in [0.5, 0.6) is 0 Å². The highest BCUT2D eigenvalue weighted by Crippen LogP contribution is 2.15. The third-order valence-corrected chi connectivity index (χ3v) is 3.47. The molecule has 0 aliphatic rings. The molecule has 2 aromatic heterocycles. The second-order valence-corrected chi connectivity index (χ2v) is 5.08. The van der Waals surface area contributed by atoms with Gasteiger partial charge in [0.1, 0.15) is 24.5 Å². The molecule has 0 saturated carbocycles. The fourth-order valence-electron chi connectivity index (χ4n) is 2.25. The Morgan fingerprint density at radius 3 is 2.96 bits per heavy atom. The topological polar surface area (TPSA) is 93.2 Å². The lowest BCUT2D eigenvalue weighted by Gasteiger charge is -2.12. The van der Waals surface area contributed by atoms with Gasteiger partial charge < -0.3 is 14.8 Å². The maximum Gasteiger partial charge on any atom is 0.251 e. The van der Waals surface area contributed by atoms with Gasteiger partial charge in [-0.15, -0.1) is 0 Å². The molecule has 2 heterocycles. The van der Waals surface area contributed by atoms with Gasteiger partial charge in [-0.25, -0.2) is 9.67 Å². The Morgan fingerprint density at radius 1 is 1.43 bits per heavy atom. The molecule has 3 aromatic rings. The van der Waals surface area contributed by atoms with Crippen LogP contribution in [0.4, 0.5) is 0 Å². The number of hydrogen-bond donors (Lipinski definition) is 2. The molecule has 1 aromatic carbocycles. The predicted octanol–water partition coefficient (Wildman–Crippen LogP) is 1.63. The van der Waals surface area contributed by atoms with E-state index in [0.29, 0.717) is 11.3 Å². The number of carbonyl (C=O) groups excluding carboxylic acids is 1. The summed E-state index contributed by atoms with van der Waals surface area (Å²) < 4.78 is 6.72. The molecule has 0 bridgehead atoms. The summed E-state index contributed by atoms with van der Waals surface area (Å²) in [6.45, 7) is 1.93. The number of aromatic nitrogens is 3. The molecular weight excluding hydrogens is 296 g/mol. The molecule has 2 N–H and O–H groups in total. The molecule has 23 heavy (non-hydrogen) atoms. The Balaban J connectivity index is 1.68. The zero-order valence-electron chi connectivity index (χ0n) is 12.5. The summed E-state index contributed by atoms with van der Waals surface area (Å²) in [6, 6.07) is 8.72. The van der Waals surface area contributed by atoms with Gasteiger partial charge in [-0.05, 0) is 42.8 Å². The fraction of sp³-hybridized carbons (Fsp3) is 0.188. The van der Waals surface area contributed by atoms with Crippen molar-refractivity contribution in [3.63, 3.8) is 0 Å². The summed E-state index contributed by atoms with van der Waals surface area (Å²) in [5.41, 5.74) is 2.18. The zero-order chi connectivity index (χ0) is 16.2. The smallest absolute Gasteiger partial charge is 0.251 e. The van der Waals surface area contributed by atoms with Crippen molar-refractivity contribution in [1.82, 2.24) is 20.1 Å². The minimum atomic E-state index is -0.872. The second-order valence-electron chi connectivity index (χ2n) is 5.08. The molecule has 1 unspecified atom stereocenters. The van der Waals surface area contributed by atoms with Crippen molar-refractivity contribution < 1.29 is 14.3 Å². The zero-order valence-corrected chi connectivity index (χ0v) is 12.5. The number of nitrogens with zero attached hydrogens (tertiary/aromatic N) is 3. The minimum absolute atomic E-state index is 0.0800. The van der Waals surface area contributed by atoms with E-state index in [-0.39, 0.29) is 12.5 Å². The largest absolute Gasteiger partial charge is 0.467 e. The van der Waals surface area contributed by atoms with Crippen molar-refractivity contribution in [3.8, 4) is 5.69 Å². The first-order chi connectivity index (χ1) is 11.1. The van der Waals surface area contributed by atoms with Crippen LogP contribution in [0.2, 0.25) is 0 Å². The van der Waals surface area contributed by atoms with Gasteiger partial charge in [0.2, 0.25) is 0 Å². The van der Waals surface area contributed by atoms with Gasteiger partial charge in [0.15, 0.2) is 0 Å². The fourth-order valence-corrected chi connectivity index (χ4v) is 2.25. The lowest BCUT2D eigenvalue weighted by Crippen LogP contribution is -2.28. The van der Waals surface area contributed by atoms with Gasteiger partial charge in [-0.1, -0.05) is 0 Å². The van der Waals surface area contributed by atoms with Crippen LogP contribution in [-0.4, -0.2) is 32.3 Å². The van der Waals surface area contributed by atoms with Crippen LogP contribution < -0.4 is 5.32 Å². The third kappa shape index (κ3) is 3.29. The van der Waals surface area contributed by atoms with Gasteiger partial charge in [0.25, 0.3) is 5.91 Å². The molecule has 0 saturated heterocycles. The Kier molecular flexibility index (Phi) is 4.20. The van der Waals surface area contributed by atoms with Gasteiger partial charge in [0.05, 0.1) is 18.5 Å². The highest BCUT2D eigenvalue weighted by Gasteiger charge is 2.14. The third-order valence-electron chi connectivity index (χ3n) is 3.47. The number of furan rings is 1. The Hall–Kier alpha value is -2.93. The minimum Gasteiger partial charge on any atom is -0.467 e. The van der Waals surface area contributed by atoms with Crippen LogP contribution in [-0.2, 0) is 0 Å². The molecule has 0 fully saturated rings. The standard InChI is InChI=1S/C16H16N4O3/c1-11-7-12(20-10-17-9-19-20)4-5-13(11)16(22)18-8-14(21)15-3-2-6-23-15/h2-7,9-10,14,21H,8H2,1H3,(H,18,22). The summed E-state index contributed by atoms with van der Waals surface area (Å²) in [5.74, 6) is 0.168. The van der Waals surface area contributed by atoms with E-state index in [2.05, 4.69) is 15.4 Å². The van der Waals surface area contributed by atoms with E-state index in [9.17, 15) is 9.90 Å². The van der Waals surface area contributed by atoms with E-state index in [0.717, 1.165) is 11.3 Å². The number of hydrogen-bond acceptors (Lipinski definition) is 5. The van der Waals surface area contributed by atoms with Crippen LogP contribution >= 0.6 is 0 Å². The molecule has 118 valence electrons. The molecule has 7 nitrogen and oxygen atoms in total. The van der Waals surface area contributed by atoms with E-state index in [1.54, 1.807) is 35.3 Å². The summed E-state index contributed by atoms with van der Waals surface area (Å²) in [7, 11) is 0. The van der Waals surface area contributed by atoms with Gasteiger partial charge in [-0.2, -0.15) is 5.10 Å². The number of carbonyl (C=O) groups is 1. The number of amides is 1. The van der Waals surface area contributed by atoms with Crippen molar-refractivity contribution in [2.45, 2.75) is 13.0 Å². The van der Waals surface area contributed by atoms with Gasteiger partial charge in [0, 0.05) is 5.56 Å². The van der Waals surface area contributed by atoms with Crippen molar-refractivity contribution in [2.75, 3.05) is 6.54 Å². The molecule has 0 aliphatic heterocycles. The first-order valence-corrected chi connectivity index (χ1v) is 7.10. The van der Waals surface area contributed by atoms with E-state index in [1.807, 2.05) is 13.0 Å². The predicted molar refractivity (Wildman–Crippen MR) is 82.1 cm³/mol. The van der Waals surface area contributed by atoms with Crippen molar-refractivity contribution in [3.05, 3.63) is 66.1 Å². The normalized spacial score (nSPS) is 12.1. The average Bonchev–Trinajstić information content (AvgIpc) is 3.24. The van der Waals surface area contributed by atoms with Crippen LogP contribution in [0, 0.1) is 6.92 Å². The molecule has 0 aliphatic carbocycles. The van der Waals surface area contributed by atoms with E-state index in [4.69, 9.17) is 4.42 Å². The highest BCUT2D eigenvalue weighted by molar-refractivity contribution is 5.95. The quantitative estimate of drug-likeness (QED) is 0.747. The maximum absolute atomic E-state index is 12.2. The molecule has 1 amide bonds. The number of rotatable bonds is 5. The van der Waals surface area contributed by atoms with Crippen LogP contribution in [0.15, 0.2) is 53.7 Å². The number of aliphatic hydroxyl groups is 1. The van der Waals surface area contributed by atoms with Crippen molar-refractivity contribution in [1.29, 1.82) is 0 Å². The SMILES string of the molecule is Cc1cc(-n2cncn2)ccc1C(=O)NCC(O)c1ccco1. The Labute approximate surface area is 132 Å². The lowest BCUT2D eigenvalue weighted by atomic mass is 10.1. The van der Waals surface area contributed by atoms with Gasteiger partial charge in [-0.3, -0.25) is 4.79 Å². The molecule has 7 heteroatoms. The first-order valence-electron chi connectivity index (χ1n) is 7.10. The van der Waals surface area contributed by atoms with Crippen molar-refractivity contribution >= 4 is 5.91 Å². The van der Waals surface area contributed by atoms with Crippen LogP contribution in [0.1, 0.15) is 27.8 Å². The summed E-state index contributed by atoms with van der Waals surface area (Å²) in [4.78, 5) is 16.1. The summed E-state index contributed by atoms with van der Waals surface area (Å²) >= 11 is 0. The number of aryl methyl sites for hydroxylation is 1. The average molecular weight is 312 g/mol. The number of nitrogens with one attached hydrogen (secondary N) is 1. The van der Waals surface area contributed by atoms with E-state index in [1.165, 1.54) is 12.6 Å². The maximum atomic E-state index is 12.2. The molecule has 0 radical (unpaired) electrons. The molecule has 1 atom stereocenters. The highest BCUT2D eigenvalue weighted by atomic mass is 16.4. The van der Waals surface area contributed by atoms with Crippen molar-refractivity contribution in [2.24, 2.45) is 0 Å². The summed E-state index contributed by atoms with van der Waals surface area (Å²) in [5, 5.41) is 16.7. The number of benzene rings is 1. The molecule has 3 rings (SSSR count). The molecule has 0 spiro atoms. The second kappa shape index (κ2) is 6.45. The van der Waals surface area contributed by atoms with E-state index < -0.39 is 6.10 Å². The Bertz CT molecular complexity index is 782. The lowest BCUT2D eigenvalue weighted by molar-refractivity contribution is 0.0900. The monoisotopic (exact) mass is 312 g/mol. The summed E-state index contributed by atoms with van der Waals surface area (Å²) in [6.07, 6.45) is 3.65. The first kappa shape index (κ1) is 15.0. The van der Waals surface area contributed by atoms with Crippen LogP contribution in [0.3, 0.4) is 0 Å². The number of aliphatic hydroxyl groups excluding tert-OH is 1.